The van der Waals surface area contributed by atoms with Gasteiger partial charge < -0.3 is 5.32 Å². The molecule has 0 saturated heterocycles. The number of hydrogen-bond acceptors (Lipinski definition) is 2. The molecule has 0 radical (unpaired) electrons. The monoisotopic (exact) mass is 238 g/mol. The van der Waals surface area contributed by atoms with Crippen LogP contribution in [0.25, 0.3) is 0 Å². The molecule has 1 aromatic rings. The summed E-state index contributed by atoms with van der Waals surface area (Å²) in [4.78, 5) is 4.09. The van der Waals surface area contributed by atoms with Crippen molar-refractivity contribution in [2.45, 2.75) is 45.6 Å². The molecule has 1 saturated carbocycles. The normalized spacial score (nSPS) is 20.7. The van der Waals surface area contributed by atoms with E-state index < -0.39 is 0 Å². The van der Waals surface area contributed by atoms with Gasteiger partial charge in [-0.2, -0.15) is 0 Å². The van der Waals surface area contributed by atoms with Gasteiger partial charge in [-0.1, -0.05) is 25.4 Å². The van der Waals surface area contributed by atoms with Crippen LogP contribution in [-0.2, 0) is 0 Å². The summed E-state index contributed by atoms with van der Waals surface area (Å²) < 4.78 is 0. The minimum Gasteiger partial charge on any atom is -0.380 e. The highest BCUT2D eigenvalue weighted by molar-refractivity contribution is 6.33. The Hall–Kier alpha value is -0.760. The van der Waals surface area contributed by atoms with Crippen LogP contribution in [0.4, 0.5) is 5.69 Å². The summed E-state index contributed by atoms with van der Waals surface area (Å²) in [5.41, 5.74) is 1.48. The van der Waals surface area contributed by atoms with Crippen LogP contribution in [0.3, 0.4) is 0 Å². The fraction of sp³-hybridized carbons (Fsp3) is 0.615. The first-order chi connectivity index (χ1) is 7.57. The lowest BCUT2D eigenvalue weighted by Gasteiger charge is -2.35. The van der Waals surface area contributed by atoms with Gasteiger partial charge in [0, 0.05) is 12.2 Å². The molecule has 0 atom stereocenters. The Morgan fingerprint density at radius 2 is 2.06 bits per heavy atom. The molecule has 0 bridgehead atoms. The second kappa shape index (κ2) is 4.62. The van der Waals surface area contributed by atoms with E-state index >= 15 is 0 Å². The largest absolute Gasteiger partial charge is 0.380 e. The van der Waals surface area contributed by atoms with Crippen molar-refractivity contribution in [2.75, 3.05) is 5.32 Å². The van der Waals surface area contributed by atoms with Gasteiger partial charge in [0.05, 0.1) is 16.9 Å². The van der Waals surface area contributed by atoms with Crippen molar-refractivity contribution in [1.82, 2.24) is 4.98 Å². The minimum absolute atomic E-state index is 0.511. The van der Waals surface area contributed by atoms with Crippen molar-refractivity contribution < 1.29 is 0 Å². The van der Waals surface area contributed by atoms with Gasteiger partial charge in [-0.25, -0.2) is 0 Å². The molecule has 0 unspecified atom stereocenters. The molecule has 3 heteroatoms. The third-order valence-corrected chi connectivity index (χ3v) is 3.80. The van der Waals surface area contributed by atoms with E-state index in [4.69, 9.17) is 11.6 Å². The van der Waals surface area contributed by atoms with E-state index in [0.717, 1.165) is 10.7 Å². The Morgan fingerprint density at radius 3 is 2.69 bits per heavy atom. The molecule has 1 aromatic heterocycles. The van der Waals surface area contributed by atoms with Crippen LogP contribution in [0, 0.1) is 5.41 Å². The third kappa shape index (κ3) is 2.88. The van der Waals surface area contributed by atoms with Crippen LogP contribution in [0.15, 0.2) is 18.5 Å². The van der Waals surface area contributed by atoms with Gasteiger partial charge in [0.25, 0.3) is 0 Å². The fourth-order valence-electron chi connectivity index (χ4n) is 2.25. The molecular formula is C13H19ClN2. The number of rotatable bonds is 2. The lowest BCUT2D eigenvalue weighted by atomic mass is 9.75. The van der Waals surface area contributed by atoms with Crippen molar-refractivity contribution in [3.05, 3.63) is 23.5 Å². The van der Waals surface area contributed by atoms with Gasteiger partial charge in [-0.05, 0) is 37.2 Å². The smallest absolute Gasteiger partial charge is 0.0718 e. The van der Waals surface area contributed by atoms with Crippen LogP contribution in [0.5, 0.6) is 0 Å². The van der Waals surface area contributed by atoms with Crippen LogP contribution in [-0.4, -0.2) is 11.0 Å². The van der Waals surface area contributed by atoms with Gasteiger partial charge in [0.1, 0.15) is 0 Å². The molecule has 1 fully saturated rings. The first kappa shape index (κ1) is 11.7. The standard InChI is InChI=1S/C13H19ClN2/c1-13(2)6-3-10(4-7-13)16-12-9-15-8-5-11(12)14/h5,8-10,16H,3-4,6-7H2,1-2H3. The summed E-state index contributed by atoms with van der Waals surface area (Å²) in [6.45, 7) is 4.69. The van der Waals surface area contributed by atoms with Gasteiger partial charge in [-0.15, -0.1) is 0 Å². The van der Waals surface area contributed by atoms with E-state index in [1.54, 1.807) is 6.20 Å². The zero-order valence-corrected chi connectivity index (χ0v) is 10.7. The average molecular weight is 239 g/mol. The highest BCUT2D eigenvalue weighted by atomic mass is 35.5. The zero-order chi connectivity index (χ0) is 11.6. The summed E-state index contributed by atoms with van der Waals surface area (Å²) in [5.74, 6) is 0. The number of anilines is 1. The number of pyridine rings is 1. The lowest BCUT2D eigenvalue weighted by molar-refractivity contribution is 0.232. The summed E-state index contributed by atoms with van der Waals surface area (Å²) in [6, 6.07) is 2.38. The van der Waals surface area contributed by atoms with Crippen molar-refractivity contribution in [3.63, 3.8) is 0 Å². The van der Waals surface area contributed by atoms with E-state index in [2.05, 4.69) is 24.1 Å². The molecule has 1 heterocycles. The predicted octanol–water partition coefficient (Wildman–Crippen LogP) is 4.12. The topological polar surface area (TPSA) is 24.9 Å². The van der Waals surface area contributed by atoms with E-state index in [1.165, 1.54) is 25.7 Å². The molecule has 1 aliphatic rings. The van der Waals surface area contributed by atoms with Gasteiger partial charge in [0.15, 0.2) is 0 Å². The maximum atomic E-state index is 6.10. The van der Waals surface area contributed by atoms with Gasteiger partial charge in [-0.3, -0.25) is 4.98 Å². The molecule has 1 aliphatic carbocycles. The zero-order valence-electron chi connectivity index (χ0n) is 9.96. The van der Waals surface area contributed by atoms with Gasteiger partial charge >= 0.3 is 0 Å². The number of nitrogens with one attached hydrogen (secondary N) is 1. The van der Waals surface area contributed by atoms with Crippen LogP contribution in [0.2, 0.25) is 5.02 Å². The highest BCUT2D eigenvalue weighted by Crippen LogP contribution is 2.36. The van der Waals surface area contributed by atoms with Crippen LogP contribution in [0.1, 0.15) is 39.5 Å². The molecular weight excluding hydrogens is 220 g/mol. The number of hydrogen-bond donors (Lipinski definition) is 1. The first-order valence-corrected chi connectivity index (χ1v) is 6.31. The number of aromatic nitrogens is 1. The van der Waals surface area contributed by atoms with Crippen LogP contribution < -0.4 is 5.32 Å². The Kier molecular flexibility index (Phi) is 3.38. The highest BCUT2D eigenvalue weighted by Gasteiger charge is 2.26. The lowest BCUT2D eigenvalue weighted by Crippen LogP contribution is -2.29. The molecule has 0 aliphatic heterocycles. The third-order valence-electron chi connectivity index (χ3n) is 3.47. The Balaban J connectivity index is 1.95. The Morgan fingerprint density at radius 1 is 1.38 bits per heavy atom. The van der Waals surface area contributed by atoms with Crippen LogP contribution >= 0.6 is 11.6 Å². The maximum absolute atomic E-state index is 6.10. The number of nitrogens with zero attached hydrogens (tertiary/aromatic N) is 1. The molecule has 0 amide bonds. The average Bonchev–Trinajstić information content (AvgIpc) is 2.24. The van der Waals surface area contributed by atoms with Crippen molar-refractivity contribution in [2.24, 2.45) is 5.41 Å². The van der Waals surface area contributed by atoms with Crippen molar-refractivity contribution in [1.29, 1.82) is 0 Å². The first-order valence-electron chi connectivity index (χ1n) is 5.93. The summed E-state index contributed by atoms with van der Waals surface area (Å²) >= 11 is 6.10. The molecule has 0 aromatic carbocycles. The second-order valence-electron chi connectivity index (χ2n) is 5.44. The maximum Gasteiger partial charge on any atom is 0.0718 e. The second-order valence-corrected chi connectivity index (χ2v) is 5.85. The minimum atomic E-state index is 0.511. The molecule has 88 valence electrons. The predicted molar refractivity (Wildman–Crippen MR) is 68.9 cm³/mol. The van der Waals surface area contributed by atoms with E-state index in [-0.39, 0.29) is 0 Å². The summed E-state index contributed by atoms with van der Waals surface area (Å²) in [6.07, 6.45) is 8.53. The molecule has 0 spiro atoms. The Labute approximate surface area is 102 Å². The van der Waals surface area contributed by atoms with Crippen molar-refractivity contribution >= 4 is 17.3 Å². The molecule has 16 heavy (non-hydrogen) atoms. The van der Waals surface area contributed by atoms with E-state index in [9.17, 15) is 0 Å². The quantitative estimate of drug-likeness (QED) is 0.839. The molecule has 2 nitrogen and oxygen atoms in total. The Bertz CT molecular complexity index is 353. The molecule has 1 N–H and O–H groups in total. The summed E-state index contributed by atoms with van der Waals surface area (Å²) in [7, 11) is 0. The fourth-order valence-corrected chi connectivity index (χ4v) is 2.41. The summed E-state index contributed by atoms with van der Waals surface area (Å²) in [5, 5.41) is 4.26. The molecule has 2 rings (SSSR count). The number of halogens is 1. The van der Waals surface area contributed by atoms with E-state index in [1.807, 2.05) is 12.3 Å². The van der Waals surface area contributed by atoms with E-state index in [0.29, 0.717) is 11.5 Å². The van der Waals surface area contributed by atoms with Crippen molar-refractivity contribution in [3.8, 4) is 0 Å². The SMILES string of the molecule is CC1(C)CCC(Nc2cnccc2Cl)CC1. The van der Waals surface area contributed by atoms with Gasteiger partial charge in [0.2, 0.25) is 0 Å².